The van der Waals surface area contributed by atoms with E-state index in [1.165, 1.54) is 25.6 Å². The van der Waals surface area contributed by atoms with Crippen LogP contribution in [0.2, 0.25) is 0 Å². The number of hydrogen-bond donors (Lipinski definition) is 6. The number of carbonyl (C=O) groups excluding carboxylic acids is 2. The minimum atomic E-state index is -1.80. The van der Waals surface area contributed by atoms with Crippen molar-refractivity contribution in [3.63, 3.8) is 0 Å². The number of fused-ring (bicyclic) bond motifs is 2. The minimum Gasteiger partial charge on any atom is -0.478 e. The fourth-order valence-corrected chi connectivity index (χ4v) is 7.20. The lowest BCUT2D eigenvalue weighted by Crippen LogP contribution is -2.71. The molecule has 0 saturated carbocycles. The van der Waals surface area contributed by atoms with Crippen LogP contribution < -0.4 is 26.7 Å². The number of β-lactam (4-membered cyclic amide) rings is 1. The maximum Gasteiger partial charge on any atom is 0.352 e. The summed E-state index contributed by atoms with van der Waals surface area (Å²) in [6.45, 7) is 4.24. The van der Waals surface area contributed by atoms with Crippen LogP contribution in [0.1, 0.15) is 32.1 Å². The Morgan fingerprint density at radius 1 is 1.28 bits per heavy atom. The molecule has 46 heavy (non-hydrogen) atoms. The van der Waals surface area contributed by atoms with Gasteiger partial charge in [-0.15, -0.1) is 11.8 Å². The third-order valence-corrected chi connectivity index (χ3v) is 9.68. The number of pyridine rings is 1. The summed E-state index contributed by atoms with van der Waals surface area (Å²) in [6, 6.07) is 2.79. The Labute approximate surface area is 268 Å². The monoisotopic (exact) mass is 672 g/mol. The Kier molecular flexibility index (Phi) is 8.02. The van der Waals surface area contributed by atoms with E-state index in [9.17, 15) is 29.4 Å². The number of aromatic nitrogens is 5. The number of carbonyl (C=O) groups is 4. The number of anilines is 2. The molecule has 2 unspecified atom stereocenters. The van der Waals surface area contributed by atoms with Crippen molar-refractivity contribution < 1.29 is 38.8 Å². The van der Waals surface area contributed by atoms with Crippen molar-refractivity contribution in [2.45, 2.75) is 49.9 Å². The third kappa shape index (κ3) is 5.47. The highest BCUT2D eigenvalue weighted by Crippen LogP contribution is 2.40. The van der Waals surface area contributed by atoms with E-state index in [0.29, 0.717) is 17.2 Å². The number of amides is 2. The molecule has 2 amide bonds. The number of nitrogens with two attached hydrogens (primary N) is 2. The van der Waals surface area contributed by atoms with Crippen LogP contribution in [-0.2, 0) is 30.6 Å². The minimum absolute atomic E-state index is 0.0176. The van der Waals surface area contributed by atoms with Crippen LogP contribution in [0.5, 0.6) is 0 Å². The van der Waals surface area contributed by atoms with Crippen molar-refractivity contribution >= 4 is 75.0 Å². The molecule has 8 N–H and O–H groups in total. The SMILES string of the molecule is CC(C)(ON=C(C(=O)NC1C(=O)N2C(C(=O)O)=C(C[n+]3cccc4c3nc(N)n4[C@@H]3CCNC3)CSC12)c1nsc(N)n1)C(=O)O. The highest BCUT2D eigenvalue weighted by atomic mass is 32.2. The van der Waals surface area contributed by atoms with Gasteiger partial charge >= 0.3 is 23.5 Å². The number of nitrogen functional groups attached to an aromatic ring is 2. The summed E-state index contributed by atoms with van der Waals surface area (Å²) >= 11 is 2.06. The largest absolute Gasteiger partial charge is 0.478 e. The maximum absolute atomic E-state index is 13.4. The van der Waals surface area contributed by atoms with E-state index in [1.807, 2.05) is 16.7 Å². The van der Waals surface area contributed by atoms with Gasteiger partial charge in [-0.3, -0.25) is 19.1 Å². The Morgan fingerprint density at radius 2 is 2.07 bits per heavy atom. The van der Waals surface area contributed by atoms with Crippen LogP contribution >= 0.6 is 23.3 Å². The summed E-state index contributed by atoms with van der Waals surface area (Å²) < 4.78 is 7.74. The van der Waals surface area contributed by atoms with Crippen molar-refractivity contribution in [1.29, 1.82) is 0 Å². The lowest BCUT2D eigenvalue weighted by atomic mass is 10.0. The van der Waals surface area contributed by atoms with Crippen LogP contribution in [0.3, 0.4) is 0 Å². The molecule has 3 aliphatic heterocycles. The van der Waals surface area contributed by atoms with E-state index in [1.54, 1.807) is 10.8 Å². The molecule has 0 aliphatic carbocycles. The molecule has 3 atom stereocenters. The molecule has 0 radical (unpaired) electrons. The van der Waals surface area contributed by atoms with Crippen LogP contribution in [0.25, 0.3) is 11.2 Å². The predicted molar refractivity (Wildman–Crippen MR) is 164 cm³/mol. The van der Waals surface area contributed by atoms with E-state index in [-0.39, 0.29) is 35.0 Å². The molecule has 3 aromatic rings. The van der Waals surface area contributed by atoms with Crippen molar-refractivity contribution in [1.82, 2.24) is 34.4 Å². The second-order valence-electron chi connectivity index (χ2n) is 11.3. The summed E-state index contributed by atoms with van der Waals surface area (Å²) in [5.74, 6) is -3.84. The fourth-order valence-electron chi connectivity index (χ4n) is 5.43. The van der Waals surface area contributed by atoms with E-state index in [2.05, 4.69) is 30.1 Å². The van der Waals surface area contributed by atoms with Gasteiger partial charge in [-0.05, 0) is 43.9 Å². The second-order valence-corrected chi connectivity index (χ2v) is 13.1. The lowest BCUT2D eigenvalue weighted by Gasteiger charge is -2.49. The van der Waals surface area contributed by atoms with Crippen LogP contribution in [0.4, 0.5) is 11.1 Å². The number of oxime groups is 1. The van der Waals surface area contributed by atoms with Gasteiger partial charge < -0.3 is 37.2 Å². The number of rotatable bonds is 10. The summed E-state index contributed by atoms with van der Waals surface area (Å²) in [5.41, 5.74) is 11.4. The first kappa shape index (κ1) is 31.2. The molecule has 20 heteroatoms. The maximum atomic E-state index is 13.4. The molecule has 0 bridgehead atoms. The zero-order valence-electron chi connectivity index (χ0n) is 24.5. The van der Waals surface area contributed by atoms with Gasteiger partial charge in [-0.25, -0.2) is 14.2 Å². The van der Waals surface area contributed by atoms with Gasteiger partial charge in [0, 0.05) is 29.4 Å². The highest BCUT2D eigenvalue weighted by Gasteiger charge is 2.55. The molecule has 3 aromatic heterocycles. The molecule has 0 spiro atoms. The van der Waals surface area contributed by atoms with E-state index < -0.39 is 46.5 Å². The van der Waals surface area contributed by atoms with E-state index in [4.69, 9.17) is 16.3 Å². The van der Waals surface area contributed by atoms with Crippen molar-refractivity contribution in [3.05, 3.63) is 35.4 Å². The Balaban J connectivity index is 1.24. The molecule has 6 rings (SSSR count). The molecule has 18 nitrogen and oxygen atoms in total. The van der Waals surface area contributed by atoms with Crippen molar-refractivity contribution in [2.24, 2.45) is 5.16 Å². The van der Waals surface area contributed by atoms with E-state index >= 15 is 0 Å². The zero-order valence-corrected chi connectivity index (χ0v) is 26.2. The molecule has 6 heterocycles. The Hall–Kier alpha value is -4.82. The Morgan fingerprint density at radius 3 is 2.72 bits per heavy atom. The molecule has 2 saturated heterocycles. The molecular weight excluding hydrogens is 642 g/mol. The van der Waals surface area contributed by atoms with Crippen molar-refractivity contribution in [3.8, 4) is 0 Å². The molecular formula is C26H30N11O7S2+. The number of nitrogens with one attached hydrogen (secondary N) is 2. The summed E-state index contributed by atoms with van der Waals surface area (Å²) in [5, 5.41) is 28.4. The average Bonchev–Trinajstić information content (AvgIpc) is 3.76. The average molecular weight is 673 g/mol. The van der Waals surface area contributed by atoms with Gasteiger partial charge in [0.25, 0.3) is 11.8 Å². The van der Waals surface area contributed by atoms with Crippen molar-refractivity contribution in [2.75, 3.05) is 30.3 Å². The number of carboxylic acid groups (broad SMARTS) is 2. The molecule has 242 valence electrons. The van der Waals surface area contributed by atoms with Gasteiger partial charge in [0.1, 0.15) is 29.2 Å². The van der Waals surface area contributed by atoms with Gasteiger partial charge in [-0.2, -0.15) is 9.36 Å². The first-order valence-corrected chi connectivity index (χ1v) is 15.9. The first-order chi connectivity index (χ1) is 21.9. The second kappa shape index (κ2) is 11.8. The quantitative estimate of drug-likeness (QED) is 0.0647. The smallest absolute Gasteiger partial charge is 0.352 e. The highest BCUT2D eigenvalue weighted by molar-refractivity contribution is 8.00. The summed E-state index contributed by atoms with van der Waals surface area (Å²) in [6.07, 6.45) is 2.69. The number of hydrogen-bond acceptors (Lipinski definition) is 14. The normalized spacial score (nSPS) is 21.7. The predicted octanol–water partition coefficient (Wildman–Crippen LogP) is -1.10. The van der Waals surface area contributed by atoms with Gasteiger partial charge in [-0.1, -0.05) is 5.16 Å². The number of aliphatic carboxylic acids is 2. The van der Waals surface area contributed by atoms with Crippen LogP contribution in [-0.4, -0.2) is 99.3 Å². The van der Waals surface area contributed by atoms with Gasteiger partial charge in [0.05, 0.1) is 12.2 Å². The first-order valence-electron chi connectivity index (χ1n) is 14.0. The van der Waals surface area contributed by atoms with Gasteiger partial charge in [0.2, 0.25) is 17.1 Å². The van der Waals surface area contributed by atoms with Crippen LogP contribution in [0.15, 0.2) is 34.8 Å². The topological polar surface area (TPSA) is 257 Å². The molecule has 2 fully saturated rings. The number of nitrogens with zero attached hydrogens (tertiary/aromatic N) is 7. The standard InChI is InChI=1S/C26H29N11O7S2/c1-26(2,23(42)43)44-33-14(17-31-25(28)46-34-17)19(38)30-15-20(39)37-16(22(40)41)11(10-45-21(15)37)9-35-7-3-4-13-18(35)32-24(27)36(13)12-5-6-29-8-12/h3-4,7,12,15,21,27,29H,5-6,8-10H2,1-2H3,(H5,28,30,31,34,38,40,41,42,43)/p+1/t12-,15?,21?/m1/s1. The van der Waals surface area contributed by atoms with Gasteiger partial charge in [0.15, 0.2) is 5.13 Å². The van der Waals surface area contributed by atoms with Crippen LogP contribution in [0, 0.1) is 0 Å². The fraction of sp³-hybridized carbons (Fsp3) is 0.423. The number of carboxylic acids is 2. The molecule has 0 aromatic carbocycles. The zero-order chi connectivity index (χ0) is 32.9. The summed E-state index contributed by atoms with van der Waals surface area (Å²) in [7, 11) is 0. The lowest BCUT2D eigenvalue weighted by molar-refractivity contribution is -0.664. The summed E-state index contributed by atoms with van der Waals surface area (Å²) in [4.78, 5) is 65.5. The molecule has 3 aliphatic rings. The number of imidazole rings is 1. The third-order valence-electron chi connectivity index (χ3n) is 7.79. The number of thioether (sulfide) groups is 1. The Bertz CT molecular complexity index is 1830. The van der Waals surface area contributed by atoms with E-state index in [0.717, 1.165) is 41.5 Å².